The molecule has 4 aliphatic rings. The fraction of sp³-hybridized carbons (Fsp3) is 0.960. The maximum absolute atomic E-state index is 11.6. The van der Waals surface area contributed by atoms with Gasteiger partial charge >= 0.3 is 0 Å². The van der Waals surface area contributed by atoms with Crippen LogP contribution in [0.1, 0.15) is 85.5 Å². The summed E-state index contributed by atoms with van der Waals surface area (Å²) in [6.07, 6.45) is 7.34. The third-order valence-electron chi connectivity index (χ3n) is 10.7. The fourth-order valence-corrected chi connectivity index (χ4v) is 8.94. The highest BCUT2D eigenvalue weighted by Gasteiger charge is 2.65. The van der Waals surface area contributed by atoms with Gasteiger partial charge in [-0.15, -0.1) is 0 Å². The smallest absolute Gasteiger partial charge is 0.129 e. The van der Waals surface area contributed by atoms with E-state index in [0.29, 0.717) is 36.0 Å². The summed E-state index contributed by atoms with van der Waals surface area (Å²) in [6.45, 7) is 8.58. The minimum atomic E-state index is -0.358. The summed E-state index contributed by atoms with van der Waals surface area (Å²) in [5.74, 6) is 2.33. The van der Waals surface area contributed by atoms with E-state index in [9.17, 15) is 15.0 Å². The number of hydrogen-bond donors (Lipinski definition) is 2. The Balaban J connectivity index is 1.59. The molecule has 6 heteroatoms. The second-order valence-corrected chi connectivity index (χ2v) is 11.9. The van der Waals surface area contributed by atoms with Crippen molar-refractivity contribution in [3.63, 3.8) is 0 Å². The lowest BCUT2D eigenvalue weighted by atomic mass is 9.43. The van der Waals surface area contributed by atoms with Crippen LogP contribution >= 0.6 is 0 Å². The van der Waals surface area contributed by atoms with E-state index in [0.717, 1.165) is 51.4 Å². The summed E-state index contributed by atoms with van der Waals surface area (Å²) in [6, 6.07) is 0.0450. The number of ketones is 1. The Bertz CT molecular complexity index is 752. The highest BCUT2D eigenvalue weighted by Crippen LogP contribution is 2.68. The Kier molecular flexibility index (Phi) is 6.22. The van der Waals surface area contributed by atoms with Crippen molar-refractivity contribution in [3.8, 4) is 0 Å². The first-order valence-electron chi connectivity index (χ1n) is 12.5. The zero-order valence-corrected chi connectivity index (χ0v) is 19.7. The van der Waals surface area contributed by atoms with E-state index in [1.54, 1.807) is 6.92 Å². The van der Waals surface area contributed by atoms with Crippen LogP contribution in [0.3, 0.4) is 0 Å². The number of Topliss-reactive ketones (excluding diaryl/α,β-unsaturated/α-hetero) is 1. The zero-order valence-electron chi connectivity index (χ0n) is 19.7. The topological polar surface area (TPSA) is 106 Å². The van der Waals surface area contributed by atoms with Crippen LogP contribution in [-0.4, -0.2) is 34.2 Å². The van der Waals surface area contributed by atoms with E-state index in [2.05, 4.69) is 30.8 Å². The number of nitrogens with zero attached hydrogens (tertiary/aromatic N) is 3. The molecule has 11 atom stereocenters. The molecule has 0 aromatic heterocycles. The average Bonchev–Trinajstić information content (AvgIpc) is 3.07. The maximum atomic E-state index is 11.6. The number of hydrogen-bond acceptors (Lipinski definition) is 4. The van der Waals surface area contributed by atoms with Crippen LogP contribution in [0.25, 0.3) is 10.4 Å². The molecule has 0 aromatic carbocycles. The standard InChI is InChI=1S/C25H41N3O3/c1-14(5-6-15(2)29)18-7-8-19-23-20(13-22(31)25(18,19)4)24(3)10-9-17(27-28-26)11-16(24)12-21(23)30/h14,16-23,30-31H,5-13H2,1-4H3/t14?,16-,17+,18+,19-,20-,21+,22-,23-,24-,25+/m0/s1. The van der Waals surface area contributed by atoms with Crippen LogP contribution in [0.15, 0.2) is 5.11 Å². The van der Waals surface area contributed by atoms with Crippen molar-refractivity contribution in [3.05, 3.63) is 10.4 Å². The molecular formula is C25H41N3O3. The minimum Gasteiger partial charge on any atom is -0.393 e. The first kappa shape index (κ1) is 23.1. The predicted molar refractivity (Wildman–Crippen MR) is 120 cm³/mol. The Hall–Kier alpha value is -1.10. The highest BCUT2D eigenvalue weighted by atomic mass is 16.3. The van der Waals surface area contributed by atoms with Crippen LogP contribution in [0, 0.1) is 46.3 Å². The quantitative estimate of drug-likeness (QED) is 0.352. The van der Waals surface area contributed by atoms with Gasteiger partial charge in [-0.2, -0.15) is 0 Å². The number of carbonyl (C=O) groups excluding carboxylic acids is 1. The van der Waals surface area contributed by atoms with E-state index in [1.807, 2.05) is 0 Å². The van der Waals surface area contributed by atoms with Gasteiger partial charge in [0.25, 0.3) is 0 Å². The normalized spacial score (nSPS) is 49.9. The third kappa shape index (κ3) is 3.63. The molecule has 0 aromatic rings. The number of fused-ring (bicyclic) bond motifs is 5. The van der Waals surface area contributed by atoms with Gasteiger partial charge in [0.05, 0.1) is 12.2 Å². The van der Waals surface area contributed by atoms with Crippen molar-refractivity contribution >= 4 is 5.78 Å². The molecule has 0 bridgehead atoms. The maximum Gasteiger partial charge on any atom is 0.129 e. The molecule has 31 heavy (non-hydrogen) atoms. The van der Waals surface area contributed by atoms with Crippen molar-refractivity contribution in [2.24, 2.45) is 51.5 Å². The molecule has 4 aliphatic carbocycles. The average molecular weight is 432 g/mol. The lowest BCUT2D eigenvalue weighted by molar-refractivity contribution is -0.202. The van der Waals surface area contributed by atoms with Gasteiger partial charge in [-0.1, -0.05) is 25.9 Å². The van der Waals surface area contributed by atoms with Gasteiger partial charge in [0, 0.05) is 17.4 Å². The summed E-state index contributed by atoms with van der Waals surface area (Å²) in [4.78, 5) is 14.6. The van der Waals surface area contributed by atoms with Crippen LogP contribution in [0.5, 0.6) is 0 Å². The first-order valence-corrected chi connectivity index (χ1v) is 12.5. The van der Waals surface area contributed by atoms with Crippen molar-refractivity contribution in [2.75, 3.05) is 0 Å². The Labute approximate surface area is 186 Å². The van der Waals surface area contributed by atoms with Gasteiger partial charge in [0.2, 0.25) is 0 Å². The van der Waals surface area contributed by atoms with Crippen LogP contribution in [0.4, 0.5) is 0 Å². The van der Waals surface area contributed by atoms with Crippen LogP contribution in [-0.2, 0) is 4.79 Å². The second kappa shape index (κ2) is 8.35. The van der Waals surface area contributed by atoms with Crippen molar-refractivity contribution < 1.29 is 15.0 Å². The number of rotatable bonds is 5. The largest absolute Gasteiger partial charge is 0.393 e. The first-order chi connectivity index (χ1) is 14.6. The lowest BCUT2D eigenvalue weighted by Gasteiger charge is -2.63. The van der Waals surface area contributed by atoms with E-state index in [1.165, 1.54) is 0 Å². The summed E-state index contributed by atoms with van der Waals surface area (Å²) < 4.78 is 0. The molecule has 4 fully saturated rings. The zero-order chi connectivity index (χ0) is 22.6. The fourth-order valence-electron chi connectivity index (χ4n) is 8.94. The number of azide groups is 1. The monoisotopic (exact) mass is 431 g/mol. The summed E-state index contributed by atoms with van der Waals surface area (Å²) in [5, 5.41) is 27.0. The summed E-state index contributed by atoms with van der Waals surface area (Å²) in [7, 11) is 0. The van der Waals surface area contributed by atoms with Crippen molar-refractivity contribution in [2.45, 2.75) is 104 Å². The number of carbonyl (C=O) groups is 1. The molecule has 0 saturated heterocycles. The summed E-state index contributed by atoms with van der Waals surface area (Å²) >= 11 is 0. The van der Waals surface area contributed by atoms with Gasteiger partial charge in [-0.3, -0.25) is 0 Å². The van der Waals surface area contributed by atoms with Gasteiger partial charge < -0.3 is 15.0 Å². The van der Waals surface area contributed by atoms with Crippen LogP contribution < -0.4 is 0 Å². The van der Waals surface area contributed by atoms with Gasteiger partial charge in [0.15, 0.2) is 0 Å². The number of aliphatic hydroxyl groups excluding tert-OH is 2. The SMILES string of the molecule is CC(=O)CCC(C)[C@H]1CC[C@H]2[C@@H]3[C@H](O)C[C@@H]4C[C@H](N=[N+]=[N-])CC[C@]4(C)[C@H]3C[C@H](O)[C@]12C. The molecule has 0 radical (unpaired) electrons. The van der Waals surface area contributed by atoms with Gasteiger partial charge in [0.1, 0.15) is 5.78 Å². The molecule has 6 nitrogen and oxygen atoms in total. The molecule has 4 rings (SSSR count). The Morgan fingerprint density at radius 1 is 1.16 bits per heavy atom. The Morgan fingerprint density at radius 2 is 1.90 bits per heavy atom. The highest BCUT2D eigenvalue weighted by molar-refractivity contribution is 5.75. The van der Waals surface area contributed by atoms with Gasteiger partial charge in [-0.25, -0.2) is 0 Å². The van der Waals surface area contributed by atoms with E-state index < -0.39 is 0 Å². The Morgan fingerprint density at radius 3 is 2.58 bits per heavy atom. The van der Waals surface area contributed by atoms with E-state index in [4.69, 9.17) is 5.53 Å². The molecule has 0 spiro atoms. The van der Waals surface area contributed by atoms with Crippen molar-refractivity contribution in [1.29, 1.82) is 0 Å². The lowest BCUT2D eigenvalue weighted by Crippen LogP contribution is -2.62. The van der Waals surface area contributed by atoms with Gasteiger partial charge in [-0.05, 0) is 110 Å². The van der Waals surface area contributed by atoms with E-state index >= 15 is 0 Å². The molecule has 2 N–H and O–H groups in total. The number of aliphatic hydroxyl groups is 2. The molecule has 4 saturated carbocycles. The third-order valence-corrected chi connectivity index (χ3v) is 10.7. The molecular weight excluding hydrogens is 390 g/mol. The van der Waals surface area contributed by atoms with Crippen LogP contribution in [0.2, 0.25) is 0 Å². The molecule has 1 unspecified atom stereocenters. The molecule has 0 amide bonds. The van der Waals surface area contributed by atoms with Crippen molar-refractivity contribution in [1.82, 2.24) is 0 Å². The predicted octanol–water partition coefficient (Wildman–Crippen LogP) is 5.27. The molecule has 0 aliphatic heterocycles. The van der Waals surface area contributed by atoms with E-state index in [-0.39, 0.29) is 40.8 Å². The molecule has 174 valence electrons. The summed E-state index contributed by atoms with van der Waals surface area (Å²) in [5.41, 5.74) is 8.81. The second-order valence-electron chi connectivity index (χ2n) is 11.9. The minimum absolute atomic E-state index is 0.0450. The molecule has 0 heterocycles.